The van der Waals surface area contributed by atoms with E-state index >= 15 is 0 Å². The number of carbonyl (C=O) groups excluding carboxylic acids is 1. The fourth-order valence-electron chi connectivity index (χ4n) is 3.40. The van der Waals surface area contributed by atoms with Crippen LogP contribution in [0, 0.1) is 0 Å². The van der Waals surface area contributed by atoms with Crippen molar-refractivity contribution in [3.05, 3.63) is 42.0 Å². The first-order valence-electron chi connectivity index (χ1n) is 7.58. The van der Waals surface area contributed by atoms with Gasteiger partial charge in [0.2, 0.25) is 0 Å². The average Bonchev–Trinajstić information content (AvgIpc) is 3.12. The smallest absolute Gasteiger partial charge is 0.312 e. The summed E-state index contributed by atoms with van der Waals surface area (Å²) in [6.07, 6.45) is 11.1. The molecule has 1 N–H and O–H groups in total. The van der Waals surface area contributed by atoms with Gasteiger partial charge in [-0.25, -0.2) is 4.79 Å². The zero-order valence-electron chi connectivity index (χ0n) is 12.5. The van der Waals surface area contributed by atoms with E-state index in [1.807, 2.05) is 17.0 Å². The van der Waals surface area contributed by atoms with Crippen molar-refractivity contribution in [2.24, 2.45) is 0 Å². The number of anilines is 1. The molecule has 1 fully saturated rings. The number of nitrogens with one attached hydrogen (secondary N) is 1. The van der Waals surface area contributed by atoms with E-state index in [4.69, 9.17) is 0 Å². The molecule has 112 valence electrons. The van der Waals surface area contributed by atoms with Gasteiger partial charge in [-0.05, 0) is 36.8 Å². The lowest BCUT2D eigenvalue weighted by atomic mass is 9.98. The lowest BCUT2D eigenvalue weighted by Crippen LogP contribution is -2.47. The van der Waals surface area contributed by atoms with E-state index in [0.717, 1.165) is 30.8 Å². The molecule has 3 rings (SSSR count). The van der Waals surface area contributed by atoms with E-state index in [9.17, 15) is 4.79 Å². The Morgan fingerprint density at radius 2 is 2.00 bits per heavy atom. The molecule has 0 aromatic heterocycles. The summed E-state index contributed by atoms with van der Waals surface area (Å²) in [5.74, 6) is 1.01. The van der Waals surface area contributed by atoms with Gasteiger partial charge >= 0.3 is 6.03 Å². The second kappa shape index (κ2) is 6.14. The van der Waals surface area contributed by atoms with Crippen LogP contribution in [0.1, 0.15) is 31.2 Å². The molecule has 0 unspecified atom stereocenters. The normalized spacial score (nSPS) is 19.4. The van der Waals surface area contributed by atoms with E-state index in [1.165, 1.54) is 18.4 Å². The lowest BCUT2D eigenvalue weighted by molar-refractivity contribution is 0.175. The van der Waals surface area contributed by atoms with Gasteiger partial charge < -0.3 is 10.2 Å². The quantitative estimate of drug-likeness (QED) is 0.846. The van der Waals surface area contributed by atoms with Gasteiger partial charge in [-0.15, -0.1) is 0 Å². The summed E-state index contributed by atoms with van der Waals surface area (Å²) < 4.78 is 0. The van der Waals surface area contributed by atoms with Crippen LogP contribution >= 0.6 is 11.8 Å². The Balaban J connectivity index is 1.66. The van der Waals surface area contributed by atoms with Gasteiger partial charge in [-0.1, -0.05) is 37.1 Å². The molecule has 1 aromatic carbocycles. The number of thioether (sulfide) groups is 1. The number of rotatable bonds is 3. The fourth-order valence-corrected chi connectivity index (χ4v) is 3.93. The molecule has 2 amide bonds. The van der Waals surface area contributed by atoms with Crippen molar-refractivity contribution in [1.82, 2.24) is 4.90 Å². The minimum absolute atomic E-state index is 0.0110. The van der Waals surface area contributed by atoms with Gasteiger partial charge in [-0.3, -0.25) is 0 Å². The van der Waals surface area contributed by atoms with Crippen LogP contribution in [0.15, 0.2) is 36.4 Å². The van der Waals surface area contributed by atoms with Crippen molar-refractivity contribution >= 4 is 23.5 Å². The first-order chi connectivity index (χ1) is 10.2. The molecular formula is C17H22N2OS. The Morgan fingerprint density at radius 3 is 2.67 bits per heavy atom. The summed E-state index contributed by atoms with van der Waals surface area (Å²) in [7, 11) is 0. The monoisotopic (exact) mass is 302 g/mol. The summed E-state index contributed by atoms with van der Waals surface area (Å²) in [6, 6.07) is 8.18. The van der Waals surface area contributed by atoms with Crippen LogP contribution in [0.2, 0.25) is 0 Å². The number of carbonyl (C=O) groups is 1. The lowest BCUT2D eigenvalue weighted by Gasteiger charge is -2.34. The third-order valence-electron chi connectivity index (χ3n) is 4.48. The van der Waals surface area contributed by atoms with Crippen LogP contribution in [0.3, 0.4) is 0 Å². The fraction of sp³-hybridized carbons (Fsp3) is 0.471. The molecule has 3 nitrogen and oxygen atoms in total. The van der Waals surface area contributed by atoms with Crippen molar-refractivity contribution in [2.45, 2.75) is 37.0 Å². The maximum absolute atomic E-state index is 12.6. The van der Waals surface area contributed by atoms with Gasteiger partial charge in [0.15, 0.2) is 0 Å². The Hall–Kier alpha value is -1.42. The van der Waals surface area contributed by atoms with Crippen molar-refractivity contribution in [1.29, 1.82) is 0 Å². The third-order valence-corrected chi connectivity index (χ3v) is 5.11. The minimum Gasteiger partial charge on any atom is -0.312 e. The predicted octanol–water partition coefficient (Wildman–Crippen LogP) is 4.27. The van der Waals surface area contributed by atoms with Crippen molar-refractivity contribution in [2.75, 3.05) is 18.1 Å². The van der Waals surface area contributed by atoms with Crippen LogP contribution in [0.4, 0.5) is 10.5 Å². The first-order valence-corrected chi connectivity index (χ1v) is 8.97. The molecule has 0 atom stereocenters. The number of nitrogens with zero attached hydrogens (tertiary/aromatic N) is 1. The summed E-state index contributed by atoms with van der Waals surface area (Å²) in [5, 5.41) is 3.04. The second-order valence-electron chi connectivity index (χ2n) is 5.88. The van der Waals surface area contributed by atoms with Crippen LogP contribution in [0.25, 0.3) is 0 Å². The minimum atomic E-state index is -0.0110. The van der Waals surface area contributed by atoms with Gasteiger partial charge in [-0.2, -0.15) is 11.8 Å². The maximum atomic E-state index is 12.6. The van der Waals surface area contributed by atoms with Crippen LogP contribution in [-0.4, -0.2) is 29.3 Å². The molecule has 1 spiro atoms. The van der Waals surface area contributed by atoms with E-state index in [2.05, 4.69) is 35.9 Å². The highest BCUT2D eigenvalue weighted by atomic mass is 32.2. The van der Waals surface area contributed by atoms with Crippen molar-refractivity contribution < 1.29 is 4.79 Å². The van der Waals surface area contributed by atoms with E-state index in [0.29, 0.717) is 0 Å². The highest BCUT2D eigenvalue weighted by Crippen LogP contribution is 2.39. The average molecular weight is 302 g/mol. The zero-order chi connectivity index (χ0) is 14.7. The zero-order valence-corrected chi connectivity index (χ0v) is 13.3. The SMILES string of the molecule is CSCc1ccc(NC(=O)N2CC=CC23CCCC3)cc1. The standard InChI is InChI=1S/C17H22N2OS/c1-21-13-14-5-7-15(8-6-14)18-16(20)19-12-4-11-17(19)9-2-3-10-17/h4-8,11H,2-3,9-10,12-13H2,1H3,(H,18,20). The molecule has 21 heavy (non-hydrogen) atoms. The van der Waals surface area contributed by atoms with E-state index in [-0.39, 0.29) is 11.6 Å². The molecule has 1 heterocycles. The first kappa shape index (κ1) is 14.5. The molecule has 0 saturated heterocycles. The highest BCUT2D eigenvalue weighted by Gasteiger charge is 2.42. The third kappa shape index (κ3) is 2.95. The molecule has 1 aliphatic carbocycles. The summed E-state index contributed by atoms with van der Waals surface area (Å²) in [6.45, 7) is 0.733. The summed E-state index contributed by atoms with van der Waals surface area (Å²) in [4.78, 5) is 14.6. The topological polar surface area (TPSA) is 32.3 Å². The molecule has 1 aliphatic heterocycles. The molecule has 2 aliphatic rings. The molecule has 4 heteroatoms. The van der Waals surface area contributed by atoms with Gasteiger partial charge in [0.05, 0.1) is 5.54 Å². The van der Waals surface area contributed by atoms with Crippen molar-refractivity contribution in [3.63, 3.8) is 0 Å². The molecule has 1 aromatic rings. The van der Waals surface area contributed by atoms with Gasteiger partial charge in [0.25, 0.3) is 0 Å². The van der Waals surface area contributed by atoms with Crippen LogP contribution in [-0.2, 0) is 5.75 Å². The molecule has 0 bridgehead atoms. The van der Waals surface area contributed by atoms with E-state index < -0.39 is 0 Å². The molecular weight excluding hydrogens is 280 g/mol. The predicted molar refractivity (Wildman–Crippen MR) is 89.7 cm³/mol. The van der Waals surface area contributed by atoms with Crippen LogP contribution in [0.5, 0.6) is 0 Å². The number of benzene rings is 1. The van der Waals surface area contributed by atoms with E-state index in [1.54, 1.807) is 11.8 Å². The van der Waals surface area contributed by atoms with Gasteiger partial charge in [0, 0.05) is 18.0 Å². The van der Waals surface area contributed by atoms with Gasteiger partial charge in [0.1, 0.15) is 0 Å². The summed E-state index contributed by atoms with van der Waals surface area (Å²) in [5.41, 5.74) is 2.16. The number of hydrogen-bond donors (Lipinski definition) is 1. The summed E-state index contributed by atoms with van der Waals surface area (Å²) >= 11 is 1.80. The second-order valence-corrected chi connectivity index (χ2v) is 6.75. The number of hydrogen-bond acceptors (Lipinski definition) is 2. The Morgan fingerprint density at radius 1 is 1.29 bits per heavy atom. The highest BCUT2D eigenvalue weighted by molar-refractivity contribution is 7.97. The molecule has 1 saturated carbocycles. The number of amides is 2. The van der Waals surface area contributed by atoms with Crippen LogP contribution < -0.4 is 5.32 Å². The maximum Gasteiger partial charge on any atom is 0.322 e. The van der Waals surface area contributed by atoms with Crippen molar-refractivity contribution in [3.8, 4) is 0 Å². The molecule has 0 radical (unpaired) electrons. The number of urea groups is 1. The Labute approximate surface area is 130 Å². The Bertz CT molecular complexity index is 532. The Kier molecular flexibility index (Phi) is 4.24. The largest absolute Gasteiger partial charge is 0.322 e.